The van der Waals surface area contributed by atoms with Gasteiger partial charge in [0.1, 0.15) is 6.33 Å². The van der Waals surface area contributed by atoms with Crippen LogP contribution >= 0.6 is 23.4 Å². The Bertz CT molecular complexity index is 1020. The fourth-order valence-corrected chi connectivity index (χ4v) is 4.53. The Kier molecular flexibility index (Phi) is 6.72. The molecule has 1 aromatic heterocycles. The molecule has 0 saturated carbocycles. The highest BCUT2D eigenvalue weighted by Crippen LogP contribution is 2.22. The van der Waals surface area contributed by atoms with Crippen LogP contribution in [0.5, 0.6) is 0 Å². The molecule has 0 spiro atoms. The number of benzene rings is 2. The smallest absolute Gasteiger partial charge is 0.230 e. The van der Waals surface area contributed by atoms with E-state index in [9.17, 15) is 4.79 Å². The van der Waals surface area contributed by atoms with Crippen molar-refractivity contribution in [3.05, 3.63) is 71.0 Å². The van der Waals surface area contributed by atoms with Crippen LogP contribution in [-0.2, 0) is 17.8 Å². The van der Waals surface area contributed by atoms with Crippen LogP contribution in [0.25, 0.3) is 5.69 Å². The van der Waals surface area contributed by atoms with Crippen LogP contribution in [0.4, 0.5) is 0 Å². The zero-order valence-corrected chi connectivity index (χ0v) is 18.4. The number of carbonyl (C=O) groups is 1. The molecular weight excluding hydrogens is 418 g/mol. The highest BCUT2D eigenvalue weighted by molar-refractivity contribution is 7.99. The number of carbonyl (C=O) groups excluding carboxylic acids is 1. The molecule has 0 fully saturated rings. The number of amides is 1. The minimum Gasteiger partial charge on any atom is -0.354 e. The molecule has 156 valence electrons. The van der Waals surface area contributed by atoms with Gasteiger partial charge in [0.15, 0.2) is 5.16 Å². The molecule has 30 heavy (non-hydrogen) atoms. The fourth-order valence-electron chi connectivity index (χ4n) is 3.59. The van der Waals surface area contributed by atoms with Crippen molar-refractivity contribution in [1.82, 2.24) is 25.0 Å². The van der Waals surface area contributed by atoms with Gasteiger partial charge in [-0.1, -0.05) is 53.7 Å². The maximum Gasteiger partial charge on any atom is 0.230 e. The lowest BCUT2D eigenvalue weighted by Gasteiger charge is -2.33. The van der Waals surface area contributed by atoms with Crippen LogP contribution in [0, 0.1) is 0 Å². The van der Waals surface area contributed by atoms with Gasteiger partial charge in [-0.15, -0.1) is 10.2 Å². The van der Waals surface area contributed by atoms with Crippen molar-refractivity contribution in [2.24, 2.45) is 0 Å². The molecule has 1 aliphatic heterocycles. The monoisotopic (exact) mass is 441 g/mol. The van der Waals surface area contributed by atoms with Crippen molar-refractivity contribution in [2.75, 3.05) is 18.8 Å². The first-order valence-electron chi connectivity index (χ1n) is 9.96. The molecule has 1 aliphatic rings. The van der Waals surface area contributed by atoms with Gasteiger partial charge in [0, 0.05) is 30.7 Å². The van der Waals surface area contributed by atoms with Gasteiger partial charge in [0.25, 0.3) is 0 Å². The average Bonchev–Trinajstić information content (AvgIpc) is 3.24. The molecule has 1 unspecified atom stereocenters. The molecule has 0 aliphatic carbocycles. The van der Waals surface area contributed by atoms with Crippen LogP contribution in [0.3, 0.4) is 0 Å². The summed E-state index contributed by atoms with van der Waals surface area (Å²) in [4.78, 5) is 14.8. The highest BCUT2D eigenvalue weighted by atomic mass is 35.5. The lowest BCUT2D eigenvalue weighted by Crippen LogP contribution is -2.44. The normalized spacial score (nSPS) is 14.9. The number of aromatic nitrogens is 3. The second-order valence-electron chi connectivity index (χ2n) is 7.39. The zero-order chi connectivity index (χ0) is 20.9. The van der Waals surface area contributed by atoms with Gasteiger partial charge in [-0.2, -0.15) is 0 Å². The molecule has 6 nitrogen and oxygen atoms in total. The minimum absolute atomic E-state index is 0.00935. The van der Waals surface area contributed by atoms with E-state index >= 15 is 0 Å². The number of nitrogens with zero attached hydrogens (tertiary/aromatic N) is 4. The van der Waals surface area contributed by atoms with Crippen LogP contribution in [0.2, 0.25) is 5.02 Å². The third-order valence-corrected chi connectivity index (χ3v) is 6.49. The maximum atomic E-state index is 12.4. The Morgan fingerprint density at radius 3 is 2.90 bits per heavy atom. The van der Waals surface area contributed by atoms with E-state index < -0.39 is 0 Å². The Morgan fingerprint density at radius 1 is 1.23 bits per heavy atom. The number of hydrogen-bond donors (Lipinski definition) is 1. The first-order chi connectivity index (χ1) is 14.6. The van der Waals surface area contributed by atoms with E-state index in [1.165, 1.54) is 22.9 Å². The summed E-state index contributed by atoms with van der Waals surface area (Å²) in [5.74, 6) is 0.277. The summed E-state index contributed by atoms with van der Waals surface area (Å²) in [6.07, 6.45) is 2.69. The Labute approximate surface area is 185 Å². The minimum atomic E-state index is -0.00935. The quantitative estimate of drug-likeness (QED) is 0.568. The van der Waals surface area contributed by atoms with Gasteiger partial charge in [-0.05, 0) is 42.7 Å². The van der Waals surface area contributed by atoms with Crippen molar-refractivity contribution >= 4 is 29.3 Å². The van der Waals surface area contributed by atoms with E-state index in [4.69, 9.17) is 11.6 Å². The predicted molar refractivity (Wildman–Crippen MR) is 120 cm³/mol. The van der Waals surface area contributed by atoms with Crippen LogP contribution in [0.1, 0.15) is 18.1 Å². The lowest BCUT2D eigenvalue weighted by molar-refractivity contribution is -0.118. The standard InChI is InChI=1S/C22H24ClN5OS/c1-16(27-10-9-17-5-2-3-6-18(17)13-27)12-24-21(29)14-30-22-26-25-15-28(22)20-8-4-7-19(23)11-20/h2-8,11,15-16H,9-10,12-14H2,1H3,(H,24,29). The summed E-state index contributed by atoms with van der Waals surface area (Å²) < 4.78 is 1.83. The van der Waals surface area contributed by atoms with Gasteiger partial charge in [-0.25, -0.2) is 0 Å². The van der Waals surface area contributed by atoms with Crippen molar-refractivity contribution in [3.63, 3.8) is 0 Å². The van der Waals surface area contributed by atoms with Gasteiger partial charge in [-0.3, -0.25) is 14.3 Å². The fraction of sp³-hybridized carbons (Fsp3) is 0.318. The van der Waals surface area contributed by atoms with E-state index in [1.807, 2.05) is 28.8 Å². The molecule has 1 amide bonds. The molecule has 2 aromatic carbocycles. The molecule has 2 heterocycles. The number of thioether (sulfide) groups is 1. The van der Waals surface area contributed by atoms with E-state index in [-0.39, 0.29) is 17.7 Å². The van der Waals surface area contributed by atoms with Crippen molar-refractivity contribution in [3.8, 4) is 5.69 Å². The molecular formula is C22H24ClN5OS. The molecule has 8 heteroatoms. The number of rotatable bonds is 7. The zero-order valence-electron chi connectivity index (χ0n) is 16.8. The SMILES string of the molecule is CC(CNC(=O)CSc1nncn1-c1cccc(Cl)c1)N1CCc2ccccc2C1. The van der Waals surface area contributed by atoms with Crippen molar-refractivity contribution < 1.29 is 4.79 Å². The van der Waals surface area contributed by atoms with Gasteiger partial charge in [0.2, 0.25) is 5.91 Å². The van der Waals surface area contributed by atoms with E-state index in [2.05, 4.69) is 51.6 Å². The summed E-state index contributed by atoms with van der Waals surface area (Å²) in [5.41, 5.74) is 3.69. The predicted octanol–water partition coefficient (Wildman–Crippen LogP) is 3.58. The first kappa shape index (κ1) is 20.9. The molecule has 1 atom stereocenters. The summed E-state index contributed by atoms with van der Waals surface area (Å²) >= 11 is 7.44. The Morgan fingerprint density at radius 2 is 2.07 bits per heavy atom. The summed E-state index contributed by atoms with van der Waals surface area (Å²) in [6.45, 7) is 4.75. The average molecular weight is 442 g/mol. The summed E-state index contributed by atoms with van der Waals surface area (Å²) in [5, 5.41) is 12.5. The van der Waals surface area contributed by atoms with Crippen LogP contribution in [0.15, 0.2) is 60.0 Å². The number of nitrogens with one attached hydrogen (secondary N) is 1. The third-order valence-electron chi connectivity index (χ3n) is 5.31. The van der Waals surface area contributed by atoms with Crippen LogP contribution < -0.4 is 5.32 Å². The number of fused-ring (bicyclic) bond motifs is 1. The second-order valence-corrected chi connectivity index (χ2v) is 8.77. The van der Waals surface area contributed by atoms with Crippen molar-refractivity contribution in [2.45, 2.75) is 31.1 Å². The van der Waals surface area contributed by atoms with Crippen molar-refractivity contribution in [1.29, 1.82) is 0 Å². The second kappa shape index (κ2) is 9.64. The molecule has 0 saturated heterocycles. The number of halogens is 1. The largest absolute Gasteiger partial charge is 0.354 e. The lowest BCUT2D eigenvalue weighted by atomic mass is 9.99. The topological polar surface area (TPSA) is 63.1 Å². The Hall–Kier alpha value is -2.35. The first-order valence-corrected chi connectivity index (χ1v) is 11.3. The van der Waals surface area contributed by atoms with Gasteiger partial charge < -0.3 is 5.32 Å². The van der Waals surface area contributed by atoms with Crippen LogP contribution in [-0.4, -0.2) is 50.5 Å². The van der Waals surface area contributed by atoms with E-state index in [0.29, 0.717) is 16.7 Å². The third kappa shape index (κ3) is 5.03. The highest BCUT2D eigenvalue weighted by Gasteiger charge is 2.20. The van der Waals surface area contributed by atoms with E-state index in [0.717, 1.165) is 25.2 Å². The molecule has 4 rings (SSSR count). The summed E-state index contributed by atoms with van der Waals surface area (Å²) in [6, 6.07) is 16.3. The van der Waals surface area contributed by atoms with Gasteiger partial charge >= 0.3 is 0 Å². The Balaban J connectivity index is 1.27. The molecule has 0 radical (unpaired) electrons. The van der Waals surface area contributed by atoms with Gasteiger partial charge in [0.05, 0.1) is 11.4 Å². The molecule has 3 aromatic rings. The maximum absolute atomic E-state index is 12.4. The van der Waals surface area contributed by atoms with E-state index in [1.54, 1.807) is 6.33 Å². The number of hydrogen-bond acceptors (Lipinski definition) is 5. The molecule has 1 N–H and O–H groups in total. The molecule has 0 bridgehead atoms. The summed E-state index contributed by atoms with van der Waals surface area (Å²) in [7, 11) is 0.